The van der Waals surface area contributed by atoms with E-state index in [2.05, 4.69) is 15.9 Å². The third-order valence-electron chi connectivity index (χ3n) is 2.63. The van der Waals surface area contributed by atoms with Gasteiger partial charge in [0.15, 0.2) is 0 Å². The number of hydrogen-bond donors (Lipinski definition) is 1. The average Bonchev–Trinajstić information content (AvgIpc) is 2.35. The van der Waals surface area contributed by atoms with Gasteiger partial charge in [-0.1, -0.05) is 15.9 Å². The molecule has 0 aliphatic carbocycles. The highest BCUT2D eigenvalue weighted by atomic mass is 79.9. The number of nitrogens with two attached hydrogens (primary N) is 1. The number of benzene rings is 1. The smallest absolute Gasteiger partial charge is 0.338 e. The van der Waals surface area contributed by atoms with Crippen LogP contribution in [0.4, 0.5) is 0 Å². The molecule has 1 rings (SSSR count). The van der Waals surface area contributed by atoms with E-state index in [0.717, 1.165) is 0 Å². The highest BCUT2D eigenvalue weighted by molar-refractivity contribution is 9.10. The summed E-state index contributed by atoms with van der Waals surface area (Å²) >= 11 is 3.21. The number of halogens is 1. The maximum Gasteiger partial charge on any atom is 0.338 e. The molecule has 0 unspecified atom stereocenters. The Balaban J connectivity index is 2.91. The van der Waals surface area contributed by atoms with Gasteiger partial charge in [0.2, 0.25) is 10.0 Å². The Morgan fingerprint density at radius 1 is 1.33 bits per heavy atom. The van der Waals surface area contributed by atoms with E-state index in [4.69, 9.17) is 14.6 Å². The Labute approximate surface area is 132 Å². The van der Waals surface area contributed by atoms with E-state index in [9.17, 15) is 13.2 Å². The van der Waals surface area contributed by atoms with E-state index in [1.165, 1.54) is 12.1 Å². The van der Waals surface area contributed by atoms with Gasteiger partial charge in [-0.3, -0.25) is 0 Å². The van der Waals surface area contributed by atoms with E-state index < -0.39 is 16.0 Å². The van der Waals surface area contributed by atoms with Crippen molar-refractivity contribution in [2.45, 2.75) is 31.8 Å². The van der Waals surface area contributed by atoms with Crippen LogP contribution in [-0.2, 0) is 19.5 Å². The van der Waals surface area contributed by atoms with Crippen LogP contribution in [0.1, 0.15) is 29.8 Å². The average molecular weight is 380 g/mol. The zero-order chi connectivity index (χ0) is 16.2. The normalized spacial score (nSPS) is 11.7. The Hall–Kier alpha value is -0.960. The summed E-state index contributed by atoms with van der Waals surface area (Å²) in [5, 5.41) is 5.08. The summed E-state index contributed by atoms with van der Waals surface area (Å²) in [6.45, 7) is 5.79. The molecule has 6 nitrogen and oxygen atoms in total. The van der Waals surface area contributed by atoms with Crippen LogP contribution in [0.25, 0.3) is 0 Å². The first-order chi connectivity index (χ1) is 9.62. The zero-order valence-corrected chi connectivity index (χ0v) is 14.5. The second-order valence-electron chi connectivity index (χ2n) is 4.68. The first kappa shape index (κ1) is 18.1. The number of ether oxygens (including phenoxy) is 2. The Bertz CT molecular complexity index is 628. The lowest BCUT2D eigenvalue weighted by Crippen LogP contribution is -2.17. The summed E-state index contributed by atoms with van der Waals surface area (Å²) in [6, 6.07) is 2.56. The number of rotatable bonds is 6. The lowest BCUT2D eigenvalue weighted by molar-refractivity contribution is 0.0176. The van der Waals surface area contributed by atoms with Crippen molar-refractivity contribution in [3.8, 4) is 0 Å². The van der Waals surface area contributed by atoms with E-state index in [1.807, 2.05) is 13.8 Å². The fraction of sp³-hybridized carbons (Fsp3) is 0.462. The number of carbonyl (C=O) groups excluding carboxylic acids is 1. The molecule has 0 aliphatic rings. The zero-order valence-electron chi connectivity index (χ0n) is 12.1. The summed E-state index contributed by atoms with van der Waals surface area (Å²) in [5.74, 6) is -0.619. The SMILES string of the molecule is Cc1c(Br)cc(S(N)(=O)=O)cc1C(=O)OCCOC(C)C. The highest BCUT2D eigenvalue weighted by Gasteiger charge is 2.18. The van der Waals surface area contributed by atoms with Gasteiger partial charge >= 0.3 is 5.97 Å². The Morgan fingerprint density at radius 2 is 1.95 bits per heavy atom. The first-order valence-electron chi connectivity index (χ1n) is 6.24. The van der Waals surface area contributed by atoms with E-state index in [-0.39, 0.29) is 29.8 Å². The Morgan fingerprint density at radius 3 is 2.48 bits per heavy atom. The monoisotopic (exact) mass is 379 g/mol. The molecule has 0 amide bonds. The van der Waals surface area contributed by atoms with E-state index >= 15 is 0 Å². The maximum atomic E-state index is 12.0. The fourth-order valence-corrected chi connectivity index (χ4v) is 2.70. The van der Waals surface area contributed by atoms with Gasteiger partial charge in [-0.2, -0.15) is 0 Å². The molecular weight excluding hydrogens is 362 g/mol. The van der Waals surface area contributed by atoms with Gasteiger partial charge in [0, 0.05) is 4.47 Å². The van der Waals surface area contributed by atoms with Crippen LogP contribution >= 0.6 is 15.9 Å². The van der Waals surface area contributed by atoms with Crippen LogP contribution in [-0.4, -0.2) is 33.7 Å². The molecule has 0 atom stereocenters. The number of esters is 1. The van der Waals surface area contributed by atoms with Gasteiger partial charge in [0.05, 0.1) is 23.2 Å². The van der Waals surface area contributed by atoms with E-state index in [0.29, 0.717) is 10.0 Å². The van der Waals surface area contributed by atoms with Crippen LogP contribution in [0.5, 0.6) is 0 Å². The standard InChI is InChI=1S/C13H18BrNO5S/c1-8(2)19-4-5-20-13(16)11-6-10(21(15,17)18)7-12(14)9(11)3/h6-8H,4-5H2,1-3H3,(H2,15,17,18). The van der Waals surface area contributed by atoms with Crippen molar-refractivity contribution in [3.05, 3.63) is 27.7 Å². The van der Waals surface area contributed by atoms with Gasteiger partial charge in [-0.25, -0.2) is 18.4 Å². The summed E-state index contributed by atoms with van der Waals surface area (Å²) in [5.41, 5.74) is 0.732. The van der Waals surface area contributed by atoms with Crippen molar-refractivity contribution in [1.82, 2.24) is 0 Å². The molecule has 1 aromatic rings. The van der Waals surface area contributed by atoms with Gasteiger partial charge in [-0.05, 0) is 38.5 Å². The van der Waals surface area contributed by atoms with Gasteiger partial charge in [0.25, 0.3) is 0 Å². The minimum atomic E-state index is -3.90. The maximum absolute atomic E-state index is 12.0. The third-order valence-corrected chi connectivity index (χ3v) is 4.35. The molecule has 0 aliphatic heterocycles. The molecule has 1 aromatic carbocycles. The van der Waals surface area contributed by atoms with Gasteiger partial charge in [-0.15, -0.1) is 0 Å². The molecule has 0 fully saturated rings. The van der Waals surface area contributed by atoms with Crippen molar-refractivity contribution in [1.29, 1.82) is 0 Å². The Kier molecular flexibility index (Phi) is 6.33. The van der Waals surface area contributed by atoms with Crippen LogP contribution < -0.4 is 5.14 Å². The second-order valence-corrected chi connectivity index (χ2v) is 7.09. The second kappa shape index (κ2) is 7.35. The molecule has 0 saturated carbocycles. The number of carbonyl (C=O) groups is 1. The van der Waals surface area contributed by atoms with Crippen LogP contribution in [0.15, 0.2) is 21.5 Å². The third kappa shape index (κ3) is 5.39. The molecular formula is C13H18BrNO5S. The van der Waals surface area contributed by atoms with Crippen molar-refractivity contribution >= 4 is 31.9 Å². The van der Waals surface area contributed by atoms with Gasteiger partial charge < -0.3 is 9.47 Å². The van der Waals surface area contributed by atoms with Gasteiger partial charge in [0.1, 0.15) is 6.61 Å². The van der Waals surface area contributed by atoms with Crippen LogP contribution in [0, 0.1) is 6.92 Å². The minimum absolute atomic E-state index is 0.0466. The quantitative estimate of drug-likeness (QED) is 0.602. The van der Waals surface area contributed by atoms with Crippen LogP contribution in [0.3, 0.4) is 0 Å². The summed E-state index contributed by atoms with van der Waals surface area (Å²) in [7, 11) is -3.90. The molecule has 118 valence electrons. The highest BCUT2D eigenvalue weighted by Crippen LogP contribution is 2.25. The molecule has 0 bridgehead atoms. The number of sulfonamides is 1. The predicted octanol–water partition coefficient (Wildman–Crippen LogP) is 1.99. The van der Waals surface area contributed by atoms with Crippen LogP contribution in [0.2, 0.25) is 0 Å². The topological polar surface area (TPSA) is 95.7 Å². The molecule has 21 heavy (non-hydrogen) atoms. The van der Waals surface area contributed by atoms with Crippen molar-refractivity contribution in [2.24, 2.45) is 5.14 Å². The predicted molar refractivity (Wildman–Crippen MR) is 81.6 cm³/mol. The van der Waals surface area contributed by atoms with E-state index in [1.54, 1.807) is 6.92 Å². The molecule has 2 N–H and O–H groups in total. The minimum Gasteiger partial charge on any atom is -0.460 e. The summed E-state index contributed by atoms with van der Waals surface area (Å²) < 4.78 is 33.6. The number of primary sulfonamides is 1. The molecule has 0 radical (unpaired) electrons. The van der Waals surface area contributed by atoms with Crippen molar-refractivity contribution in [2.75, 3.05) is 13.2 Å². The summed E-state index contributed by atoms with van der Waals surface area (Å²) in [6.07, 6.45) is 0.0466. The molecule has 8 heteroatoms. The molecule has 0 saturated heterocycles. The van der Waals surface area contributed by atoms with Crippen molar-refractivity contribution in [3.63, 3.8) is 0 Å². The first-order valence-corrected chi connectivity index (χ1v) is 8.58. The number of hydrogen-bond acceptors (Lipinski definition) is 5. The molecule has 0 heterocycles. The molecule has 0 aromatic heterocycles. The fourth-order valence-electron chi connectivity index (χ4n) is 1.53. The lowest BCUT2D eigenvalue weighted by Gasteiger charge is -2.11. The molecule has 0 spiro atoms. The lowest BCUT2D eigenvalue weighted by atomic mass is 10.1. The van der Waals surface area contributed by atoms with Crippen molar-refractivity contribution < 1.29 is 22.7 Å². The largest absolute Gasteiger partial charge is 0.460 e. The summed E-state index contributed by atoms with van der Waals surface area (Å²) in [4.78, 5) is 11.9.